The molecule has 0 saturated carbocycles. The zero-order valence-corrected chi connectivity index (χ0v) is 8.97. The first-order valence-corrected chi connectivity index (χ1v) is 4.68. The van der Waals surface area contributed by atoms with E-state index in [9.17, 15) is 35.9 Å². The molecule has 1 aromatic rings. The van der Waals surface area contributed by atoms with Crippen LogP contribution in [0.1, 0.15) is 22.5 Å². The number of rotatable bonds is 3. The summed E-state index contributed by atoms with van der Waals surface area (Å²) < 4.78 is 72.5. The minimum Gasteiger partial charge on any atom is -0.294 e. The van der Waals surface area contributed by atoms with Gasteiger partial charge in [-0.25, -0.2) is 0 Å². The maximum absolute atomic E-state index is 12.3. The highest BCUT2D eigenvalue weighted by Gasteiger charge is 2.39. The van der Waals surface area contributed by atoms with Gasteiger partial charge in [0.15, 0.2) is 5.78 Å². The van der Waals surface area contributed by atoms with E-state index < -0.39 is 41.6 Å². The van der Waals surface area contributed by atoms with Crippen molar-refractivity contribution in [1.82, 2.24) is 4.98 Å². The molecule has 0 unspecified atom stereocenters. The Hall–Kier alpha value is -1.93. The van der Waals surface area contributed by atoms with Gasteiger partial charge in [0, 0.05) is 11.8 Å². The van der Waals surface area contributed by atoms with E-state index in [4.69, 9.17) is 0 Å². The highest BCUT2D eigenvalue weighted by Crippen LogP contribution is 2.28. The van der Waals surface area contributed by atoms with Crippen molar-refractivity contribution in [2.75, 3.05) is 0 Å². The number of carbonyl (C=O) groups is 2. The first kappa shape index (κ1) is 15.1. The number of alkyl halides is 6. The Morgan fingerprint density at radius 3 is 2.16 bits per heavy atom. The molecule has 9 heteroatoms. The van der Waals surface area contributed by atoms with Crippen LogP contribution in [0.2, 0.25) is 0 Å². The van der Waals surface area contributed by atoms with E-state index in [0.29, 0.717) is 12.3 Å². The van der Waals surface area contributed by atoms with E-state index in [1.807, 2.05) is 0 Å². The summed E-state index contributed by atoms with van der Waals surface area (Å²) in [5, 5.41) is 0. The second kappa shape index (κ2) is 4.98. The monoisotopic (exact) mass is 285 g/mol. The molecule has 0 aromatic carbocycles. The lowest BCUT2D eigenvalue weighted by molar-refractivity contribution is -0.170. The fourth-order valence-corrected chi connectivity index (χ4v) is 1.11. The maximum atomic E-state index is 12.3. The predicted octanol–water partition coefficient (Wildman–Crippen LogP) is 2.80. The molecule has 0 saturated heterocycles. The van der Waals surface area contributed by atoms with E-state index >= 15 is 0 Å². The number of hydrogen-bond acceptors (Lipinski definition) is 3. The summed E-state index contributed by atoms with van der Waals surface area (Å²) in [4.78, 5) is 24.7. The smallest absolute Gasteiger partial charge is 0.294 e. The summed E-state index contributed by atoms with van der Waals surface area (Å²) in [6.45, 7) is 0. The summed E-state index contributed by atoms with van der Waals surface area (Å²) in [7, 11) is 0. The minimum absolute atomic E-state index is 0.298. The third kappa shape index (κ3) is 4.04. The molecule has 0 radical (unpaired) electrons. The molecule has 0 fully saturated rings. The van der Waals surface area contributed by atoms with Crippen molar-refractivity contribution in [1.29, 1.82) is 0 Å². The van der Waals surface area contributed by atoms with Crippen LogP contribution in [0.5, 0.6) is 0 Å². The lowest BCUT2D eigenvalue weighted by atomic mass is 10.1. The van der Waals surface area contributed by atoms with Crippen molar-refractivity contribution in [2.45, 2.75) is 18.8 Å². The second-order valence-electron chi connectivity index (χ2n) is 3.45. The zero-order chi connectivity index (χ0) is 14.8. The highest BCUT2D eigenvalue weighted by molar-refractivity contribution is 6.09. The average Bonchev–Trinajstić information content (AvgIpc) is 2.26. The van der Waals surface area contributed by atoms with Gasteiger partial charge in [-0.3, -0.25) is 14.6 Å². The topological polar surface area (TPSA) is 47.0 Å². The van der Waals surface area contributed by atoms with Gasteiger partial charge >= 0.3 is 12.4 Å². The van der Waals surface area contributed by atoms with Crippen molar-refractivity contribution >= 4 is 11.6 Å². The van der Waals surface area contributed by atoms with E-state index in [-0.39, 0.29) is 0 Å². The lowest BCUT2D eigenvalue weighted by Gasteiger charge is -2.07. The van der Waals surface area contributed by atoms with Gasteiger partial charge in [-0.1, -0.05) is 0 Å². The number of ketones is 2. The Morgan fingerprint density at radius 1 is 1.11 bits per heavy atom. The molecule has 1 aromatic heterocycles. The Labute approximate surface area is 102 Å². The largest absolute Gasteiger partial charge is 0.450 e. The number of pyridine rings is 1. The molecule has 19 heavy (non-hydrogen) atoms. The van der Waals surface area contributed by atoms with Crippen LogP contribution >= 0.6 is 0 Å². The van der Waals surface area contributed by atoms with Crippen molar-refractivity contribution in [3.63, 3.8) is 0 Å². The van der Waals surface area contributed by atoms with Crippen LogP contribution < -0.4 is 0 Å². The molecule has 0 aliphatic heterocycles. The van der Waals surface area contributed by atoms with Crippen LogP contribution in [-0.2, 0) is 11.0 Å². The quantitative estimate of drug-likeness (QED) is 0.487. The summed E-state index contributed by atoms with van der Waals surface area (Å²) in [6.07, 6.45) is -10.9. The first-order valence-electron chi connectivity index (χ1n) is 4.68. The standard InChI is InChI=1S/C10H5F6NO2/c11-9(12,13)7-3-5(1-2-17-7)6(18)4-8(19)10(14,15)16/h1-3H,4H2. The van der Waals surface area contributed by atoms with Crippen molar-refractivity contribution in [3.8, 4) is 0 Å². The molecule has 104 valence electrons. The summed E-state index contributed by atoms with van der Waals surface area (Å²) in [5.41, 5.74) is -2.07. The van der Waals surface area contributed by atoms with Crippen molar-refractivity contribution < 1.29 is 35.9 Å². The fourth-order valence-electron chi connectivity index (χ4n) is 1.11. The number of halogens is 6. The van der Waals surface area contributed by atoms with Crippen LogP contribution in [-0.4, -0.2) is 22.7 Å². The number of hydrogen-bond donors (Lipinski definition) is 0. The van der Waals surface area contributed by atoms with Gasteiger partial charge < -0.3 is 0 Å². The van der Waals surface area contributed by atoms with Crippen molar-refractivity contribution in [3.05, 3.63) is 29.6 Å². The van der Waals surface area contributed by atoms with Gasteiger partial charge in [-0.2, -0.15) is 26.3 Å². The van der Waals surface area contributed by atoms with Crippen LogP contribution in [0.4, 0.5) is 26.3 Å². The highest BCUT2D eigenvalue weighted by atomic mass is 19.4. The van der Waals surface area contributed by atoms with Gasteiger partial charge in [0.2, 0.25) is 5.78 Å². The zero-order valence-electron chi connectivity index (χ0n) is 8.97. The summed E-state index contributed by atoms with van der Waals surface area (Å²) >= 11 is 0. The molecule has 0 spiro atoms. The molecule has 1 heterocycles. The van der Waals surface area contributed by atoms with Gasteiger partial charge in [0.05, 0.1) is 6.42 Å². The Balaban J connectivity index is 2.93. The molecule has 0 amide bonds. The molecule has 0 N–H and O–H groups in total. The molecule has 3 nitrogen and oxygen atoms in total. The summed E-state index contributed by atoms with van der Waals surface area (Å²) in [6, 6.07) is 1.10. The maximum Gasteiger partial charge on any atom is 0.450 e. The van der Waals surface area contributed by atoms with Gasteiger partial charge in [0.25, 0.3) is 0 Å². The Bertz CT molecular complexity index is 505. The van der Waals surface area contributed by atoms with E-state index in [1.54, 1.807) is 0 Å². The summed E-state index contributed by atoms with van der Waals surface area (Å²) in [5.74, 6) is -3.67. The van der Waals surface area contributed by atoms with E-state index in [1.165, 1.54) is 0 Å². The fraction of sp³-hybridized carbons (Fsp3) is 0.300. The second-order valence-corrected chi connectivity index (χ2v) is 3.45. The van der Waals surface area contributed by atoms with Gasteiger partial charge in [-0.15, -0.1) is 0 Å². The number of aromatic nitrogens is 1. The molecular formula is C10H5F6NO2. The predicted molar refractivity (Wildman–Crippen MR) is 49.2 cm³/mol. The number of Topliss-reactive ketones (excluding diaryl/α,β-unsaturated/α-hetero) is 2. The van der Waals surface area contributed by atoms with Crippen LogP contribution in [0.3, 0.4) is 0 Å². The lowest BCUT2D eigenvalue weighted by Crippen LogP contribution is -2.25. The molecule has 0 aliphatic carbocycles. The van der Waals surface area contributed by atoms with E-state index in [2.05, 4.69) is 4.98 Å². The Morgan fingerprint density at radius 2 is 1.68 bits per heavy atom. The molecule has 1 rings (SSSR count). The molecular weight excluding hydrogens is 280 g/mol. The SMILES string of the molecule is O=C(CC(=O)C(F)(F)F)c1ccnc(C(F)(F)F)c1. The van der Waals surface area contributed by atoms with Gasteiger partial charge in [0.1, 0.15) is 5.69 Å². The van der Waals surface area contributed by atoms with Crippen LogP contribution in [0.25, 0.3) is 0 Å². The Kier molecular flexibility index (Phi) is 3.97. The van der Waals surface area contributed by atoms with Gasteiger partial charge in [-0.05, 0) is 12.1 Å². The molecule has 0 atom stereocenters. The normalized spacial score (nSPS) is 12.3. The first-order chi connectivity index (χ1) is 8.51. The third-order valence-corrected chi connectivity index (χ3v) is 2.01. The molecule has 0 bridgehead atoms. The van der Waals surface area contributed by atoms with E-state index in [0.717, 1.165) is 6.07 Å². The third-order valence-electron chi connectivity index (χ3n) is 2.01. The van der Waals surface area contributed by atoms with Crippen molar-refractivity contribution in [2.24, 2.45) is 0 Å². The minimum atomic E-state index is -5.20. The van der Waals surface area contributed by atoms with Crippen LogP contribution in [0.15, 0.2) is 18.3 Å². The van der Waals surface area contributed by atoms with Crippen LogP contribution in [0, 0.1) is 0 Å². The number of nitrogens with zero attached hydrogens (tertiary/aromatic N) is 1. The number of carbonyl (C=O) groups excluding carboxylic acids is 2. The molecule has 0 aliphatic rings. The average molecular weight is 285 g/mol.